The van der Waals surface area contributed by atoms with Gasteiger partial charge in [-0.2, -0.15) is 0 Å². The highest BCUT2D eigenvalue weighted by atomic mass is 32.2. The third-order valence-corrected chi connectivity index (χ3v) is 5.40. The monoisotopic (exact) mass is 304 g/mol. The van der Waals surface area contributed by atoms with E-state index in [1.807, 2.05) is 27.7 Å². The van der Waals surface area contributed by atoms with E-state index in [1.54, 1.807) is 6.07 Å². The quantitative estimate of drug-likeness (QED) is 0.879. The van der Waals surface area contributed by atoms with Gasteiger partial charge >= 0.3 is 0 Å². The Kier molecular flexibility index (Phi) is 5.17. The summed E-state index contributed by atoms with van der Waals surface area (Å²) < 4.78 is 27.3. The van der Waals surface area contributed by atoms with Gasteiger partial charge in [0, 0.05) is 27.9 Å². The van der Waals surface area contributed by atoms with E-state index in [0.29, 0.717) is 17.5 Å². The molecule has 0 spiro atoms. The fourth-order valence-electron chi connectivity index (χ4n) is 1.64. The van der Waals surface area contributed by atoms with Crippen LogP contribution in [-0.2, 0) is 16.6 Å². The van der Waals surface area contributed by atoms with Crippen LogP contribution >= 0.6 is 11.3 Å². The Morgan fingerprint density at radius 3 is 2.37 bits per heavy atom. The Labute approximate surface area is 120 Å². The molecular weight excluding hydrogens is 280 g/mol. The van der Waals surface area contributed by atoms with Crippen LogP contribution in [0.2, 0.25) is 0 Å². The average molecular weight is 304 g/mol. The van der Waals surface area contributed by atoms with Crippen LogP contribution in [0.4, 0.5) is 0 Å². The first-order valence-corrected chi connectivity index (χ1v) is 8.68. The van der Waals surface area contributed by atoms with Crippen molar-refractivity contribution in [3.63, 3.8) is 0 Å². The summed E-state index contributed by atoms with van der Waals surface area (Å²) in [5, 5.41) is 3.30. The van der Waals surface area contributed by atoms with Gasteiger partial charge in [-0.3, -0.25) is 0 Å². The zero-order valence-electron chi connectivity index (χ0n) is 12.5. The van der Waals surface area contributed by atoms with Gasteiger partial charge in [-0.1, -0.05) is 13.8 Å². The molecule has 0 radical (unpaired) electrons. The summed E-state index contributed by atoms with van der Waals surface area (Å²) in [4.78, 5) is 2.27. The van der Waals surface area contributed by atoms with E-state index in [4.69, 9.17) is 0 Å². The molecular formula is C13H24N2O2S2. The van der Waals surface area contributed by atoms with E-state index in [9.17, 15) is 8.42 Å². The van der Waals surface area contributed by atoms with Crippen molar-refractivity contribution in [2.75, 3.05) is 0 Å². The number of aryl methyl sites for hydroxylation is 1. The van der Waals surface area contributed by atoms with Crippen molar-refractivity contribution in [2.24, 2.45) is 0 Å². The van der Waals surface area contributed by atoms with E-state index in [0.717, 1.165) is 9.75 Å². The van der Waals surface area contributed by atoms with Gasteiger partial charge in [0.15, 0.2) is 0 Å². The molecule has 1 aromatic rings. The van der Waals surface area contributed by atoms with Gasteiger partial charge in [0.25, 0.3) is 0 Å². The number of thiophene rings is 1. The fourth-order valence-corrected chi connectivity index (χ4v) is 4.65. The van der Waals surface area contributed by atoms with Crippen molar-refractivity contribution >= 4 is 21.4 Å². The molecule has 110 valence electrons. The van der Waals surface area contributed by atoms with Crippen molar-refractivity contribution in [1.29, 1.82) is 0 Å². The van der Waals surface area contributed by atoms with Gasteiger partial charge < -0.3 is 5.32 Å². The standard InChI is InChI=1S/C13H24N2O2S2/c1-9(2)14-8-11-7-12(10(3)18-11)19(16,17)15-13(4,5)6/h7,9,14-15H,8H2,1-6H3. The maximum Gasteiger partial charge on any atom is 0.242 e. The molecule has 0 aliphatic heterocycles. The molecule has 0 fully saturated rings. The van der Waals surface area contributed by atoms with Crippen molar-refractivity contribution < 1.29 is 8.42 Å². The highest BCUT2D eigenvalue weighted by molar-refractivity contribution is 7.89. The second kappa shape index (κ2) is 5.91. The van der Waals surface area contributed by atoms with E-state index >= 15 is 0 Å². The van der Waals surface area contributed by atoms with Crippen LogP contribution in [0.15, 0.2) is 11.0 Å². The van der Waals surface area contributed by atoms with Crippen LogP contribution in [0.25, 0.3) is 0 Å². The van der Waals surface area contributed by atoms with Crippen LogP contribution in [0.1, 0.15) is 44.4 Å². The van der Waals surface area contributed by atoms with Crippen LogP contribution in [-0.4, -0.2) is 20.0 Å². The summed E-state index contributed by atoms with van der Waals surface area (Å²) in [5.41, 5.74) is -0.469. The number of hydrogen-bond acceptors (Lipinski definition) is 4. The smallest absolute Gasteiger partial charge is 0.242 e. The van der Waals surface area contributed by atoms with E-state index < -0.39 is 15.6 Å². The number of hydrogen-bond donors (Lipinski definition) is 2. The second-order valence-electron chi connectivity index (χ2n) is 6.02. The van der Waals surface area contributed by atoms with Crippen molar-refractivity contribution in [3.05, 3.63) is 15.8 Å². The molecule has 1 heterocycles. The lowest BCUT2D eigenvalue weighted by Gasteiger charge is -2.20. The van der Waals surface area contributed by atoms with Crippen LogP contribution in [0.5, 0.6) is 0 Å². The van der Waals surface area contributed by atoms with Crippen molar-refractivity contribution in [3.8, 4) is 0 Å². The zero-order valence-corrected chi connectivity index (χ0v) is 14.1. The molecule has 0 amide bonds. The predicted octanol–water partition coefficient (Wildman–Crippen LogP) is 2.63. The SMILES string of the molecule is Cc1sc(CNC(C)C)cc1S(=O)(=O)NC(C)(C)C. The Hall–Kier alpha value is -0.430. The zero-order chi connectivity index (χ0) is 14.8. The number of nitrogens with one attached hydrogen (secondary N) is 2. The van der Waals surface area contributed by atoms with Gasteiger partial charge in [-0.25, -0.2) is 13.1 Å². The minimum absolute atomic E-state index is 0.384. The number of rotatable bonds is 5. The normalized spacial score (nSPS) is 13.2. The van der Waals surface area contributed by atoms with Crippen LogP contribution < -0.4 is 10.0 Å². The molecule has 0 saturated heterocycles. The number of sulfonamides is 1. The maximum atomic E-state index is 12.3. The lowest BCUT2D eigenvalue weighted by Crippen LogP contribution is -2.40. The molecule has 0 aromatic carbocycles. The lowest BCUT2D eigenvalue weighted by atomic mass is 10.1. The molecule has 0 saturated carbocycles. The summed E-state index contributed by atoms with van der Waals surface area (Å²) in [7, 11) is -3.43. The first-order chi connectivity index (χ1) is 8.51. The molecule has 19 heavy (non-hydrogen) atoms. The second-order valence-corrected chi connectivity index (χ2v) is 9.02. The highest BCUT2D eigenvalue weighted by Gasteiger charge is 2.25. The Balaban J connectivity index is 2.95. The molecule has 0 aliphatic carbocycles. The van der Waals surface area contributed by atoms with E-state index in [-0.39, 0.29) is 0 Å². The van der Waals surface area contributed by atoms with E-state index in [1.165, 1.54) is 11.3 Å². The Morgan fingerprint density at radius 2 is 1.89 bits per heavy atom. The predicted molar refractivity (Wildman–Crippen MR) is 81.1 cm³/mol. The van der Waals surface area contributed by atoms with Gasteiger partial charge in [-0.05, 0) is 33.8 Å². The molecule has 0 unspecified atom stereocenters. The topological polar surface area (TPSA) is 58.2 Å². The molecule has 0 aliphatic rings. The van der Waals surface area contributed by atoms with Crippen molar-refractivity contribution in [1.82, 2.24) is 10.0 Å². The fraction of sp³-hybridized carbons (Fsp3) is 0.692. The lowest BCUT2D eigenvalue weighted by molar-refractivity contribution is 0.491. The largest absolute Gasteiger partial charge is 0.310 e. The minimum atomic E-state index is -3.43. The average Bonchev–Trinajstić information content (AvgIpc) is 2.53. The molecule has 1 rings (SSSR count). The molecule has 2 N–H and O–H groups in total. The van der Waals surface area contributed by atoms with Gasteiger partial charge in [0.1, 0.15) is 0 Å². The summed E-state index contributed by atoms with van der Waals surface area (Å²) in [6, 6.07) is 2.15. The third-order valence-electron chi connectivity index (χ3n) is 2.34. The highest BCUT2D eigenvalue weighted by Crippen LogP contribution is 2.26. The molecule has 0 bridgehead atoms. The van der Waals surface area contributed by atoms with Crippen LogP contribution in [0, 0.1) is 6.92 Å². The van der Waals surface area contributed by atoms with Gasteiger partial charge in [0.2, 0.25) is 10.0 Å². The molecule has 1 aromatic heterocycles. The first-order valence-electron chi connectivity index (χ1n) is 6.38. The Bertz CT molecular complexity index is 525. The summed E-state index contributed by atoms with van der Waals surface area (Å²) >= 11 is 1.53. The first kappa shape index (κ1) is 16.6. The summed E-state index contributed by atoms with van der Waals surface area (Å²) in [6.07, 6.45) is 0. The van der Waals surface area contributed by atoms with Crippen molar-refractivity contribution in [2.45, 2.75) is 64.6 Å². The summed E-state index contributed by atoms with van der Waals surface area (Å²) in [6.45, 7) is 12.2. The third kappa shape index (κ3) is 5.22. The minimum Gasteiger partial charge on any atom is -0.310 e. The molecule has 4 nitrogen and oxygen atoms in total. The van der Waals surface area contributed by atoms with Gasteiger partial charge in [-0.15, -0.1) is 11.3 Å². The summed E-state index contributed by atoms with van der Waals surface area (Å²) in [5.74, 6) is 0. The van der Waals surface area contributed by atoms with E-state index in [2.05, 4.69) is 23.9 Å². The van der Waals surface area contributed by atoms with Gasteiger partial charge in [0.05, 0.1) is 4.90 Å². The molecule has 6 heteroatoms. The molecule has 0 atom stereocenters. The maximum absolute atomic E-state index is 12.3. The van der Waals surface area contributed by atoms with Crippen LogP contribution in [0.3, 0.4) is 0 Å². The Morgan fingerprint density at radius 1 is 1.32 bits per heavy atom.